The summed E-state index contributed by atoms with van der Waals surface area (Å²) in [4.78, 5) is 20.9. The lowest BCUT2D eigenvalue weighted by Gasteiger charge is -2.29. The molecule has 1 saturated heterocycles. The maximum absolute atomic E-state index is 12.5. The summed E-state index contributed by atoms with van der Waals surface area (Å²) in [5, 5.41) is 10.4. The molecule has 0 aromatic carbocycles. The number of carbonyl (C=O) groups excluding carboxylic acids is 1. The predicted molar refractivity (Wildman–Crippen MR) is 93.6 cm³/mol. The average Bonchev–Trinajstić information content (AvgIpc) is 3.35. The number of nitrogens with zero attached hydrogens (tertiary/aromatic N) is 3. The molecule has 3 aromatic rings. The minimum absolute atomic E-state index is 0.265. The predicted octanol–water partition coefficient (Wildman–Crippen LogP) is 3.07. The van der Waals surface area contributed by atoms with Gasteiger partial charge in [-0.2, -0.15) is 5.10 Å². The van der Waals surface area contributed by atoms with Gasteiger partial charge in [-0.15, -0.1) is 0 Å². The summed E-state index contributed by atoms with van der Waals surface area (Å²) in [5.74, 6) is 0.383. The van der Waals surface area contributed by atoms with E-state index in [4.69, 9.17) is 4.42 Å². The van der Waals surface area contributed by atoms with Crippen LogP contribution < -0.4 is 5.32 Å². The van der Waals surface area contributed by atoms with Gasteiger partial charge in [0.25, 0.3) is 5.91 Å². The van der Waals surface area contributed by atoms with Crippen molar-refractivity contribution in [2.75, 3.05) is 12.4 Å². The summed E-state index contributed by atoms with van der Waals surface area (Å²) in [6, 6.07) is 6.33. The van der Waals surface area contributed by atoms with E-state index in [2.05, 4.69) is 32.4 Å². The highest BCUT2D eigenvalue weighted by atomic mass is 32.1. The lowest BCUT2D eigenvalue weighted by atomic mass is 10.1. The fraction of sp³-hybridized carbons (Fsp3) is 0.353. The average molecular weight is 355 g/mol. The Labute approximate surface area is 148 Å². The van der Waals surface area contributed by atoms with Gasteiger partial charge in [0.2, 0.25) is 0 Å². The van der Waals surface area contributed by atoms with Crippen LogP contribution >= 0.6 is 11.3 Å². The minimum Gasteiger partial charge on any atom is -0.463 e. The molecule has 1 amide bonds. The Kier molecular flexibility index (Phi) is 3.29. The first kappa shape index (κ1) is 14.9. The van der Waals surface area contributed by atoms with Crippen LogP contribution in [0.1, 0.15) is 39.9 Å². The molecule has 2 aliphatic heterocycles. The standard InChI is InChI=1S/C17H17N5O2S/c1-22-9-4-5-13(22)15-11(7-9)18-17(25-15)19-16(23)12-8-10(20-21-12)14-3-2-6-24-14/h2-3,6,8-9,13H,4-5,7H2,1H3,(H,20,21)(H,18,19,23)/t9-,13+/m0/s1. The van der Waals surface area contributed by atoms with E-state index in [-0.39, 0.29) is 5.91 Å². The van der Waals surface area contributed by atoms with E-state index in [0.29, 0.717) is 34.4 Å². The zero-order chi connectivity index (χ0) is 17.0. The smallest absolute Gasteiger partial charge is 0.277 e. The maximum atomic E-state index is 12.5. The van der Waals surface area contributed by atoms with Crippen molar-refractivity contribution in [3.8, 4) is 11.5 Å². The normalized spacial score (nSPS) is 22.1. The molecule has 2 atom stereocenters. The Balaban J connectivity index is 1.36. The van der Waals surface area contributed by atoms with Gasteiger partial charge in [0, 0.05) is 29.4 Å². The lowest BCUT2D eigenvalue weighted by molar-refractivity contribution is 0.102. The Morgan fingerprint density at radius 3 is 3.24 bits per heavy atom. The van der Waals surface area contributed by atoms with Crippen LogP contribution in [0.2, 0.25) is 0 Å². The van der Waals surface area contributed by atoms with Gasteiger partial charge < -0.3 is 4.42 Å². The molecule has 0 unspecified atom stereocenters. The van der Waals surface area contributed by atoms with Crippen LogP contribution in [0.5, 0.6) is 0 Å². The number of furan rings is 1. The SMILES string of the molecule is CN1[C@H]2CC[C@@H]1c1sc(NC(=O)c3cc(-c4ccco4)[nH]n3)nc1C2. The maximum Gasteiger partial charge on any atom is 0.277 e. The second kappa shape index (κ2) is 5.53. The van der Waals surface area contributed by atoms with E-state index in [1.165, 1.54) is 17.7 Å². The quantitative estimate of drug-likeness (QED) is 0.754. The number of aromatic nitrogens is 3. The molecule has 3 aromatic heterocycles. The molecular formula is C17H17N5O2S. The van der Waals surface area contributed by atoms with Crippen molar-refractivity contribution >= 4 is 22.4 Å². The minimum atomic E-state index is -0.265. The van der Waals surface area contributed by atoms with E-state index in [1.54, 1.807) is 29.7 Å². The second-order valence-corrected chi connectivity index (χ2v) is 7.58. The number of thiazole rings is 1. The molecule has 128 valence electrons. The number of hydrogen-bond donors (Lipinski definition) is 2. The third kappa shape index (κ3) is 2.40. The van der Waals surface area contributed by atoms with Crippen molar-refractivity contribution < 1.29 is 9.21 Å². The number of likely N-dealkylation sites (N-methyl/N-ethyl adjacent to an activating group) is 1. The largest absolute Gasteiger partial charge is 0.463 e. The van der Waals surface area contributed by atoms with Crippen molar-refractivity contribution in [1.82, 2.24) is 20.1 Å². The first-order valence-corrected chi connectivity index (χ1v) is 9.13. The number of amides is 1. The van der Waals surface area contributed by atoms with Crippen molar-refractivity contribution in [3.63, 3.8) is 0 Å². The number of carbonyl (C=O) groups is 1. The van der Waals surface area contributed by atoms with Gasteiger partial charge in [-0.05, 0) is 32.0 Å². The van der Waals surface area contributed by atoms with Gasteiger partial charge in [-0.1, -0.05) is 11.3 Å². The van der Waals surface area contributed by atoms with E-state index < -0.39 is 0 Å². The van der Waals surface area contributed by atoms with Crippen LogP contribution in [0.25, 0.3) is 11.5 Å². The molecule has 2 N–H and O–H groups in total. The van der Waals surface area contributed by atoms with Crippen LogP contribution in [-0.2, 0) is 6.42 Å². The van der Waals surface area contributed by atoms with Gasteiger partial charge in [-0.3, -0.25) is 20.1 Å². The highest BCUT2D eigenvalue weighted by Crippen LogP contribution is 2.45. The second-order valence-electron chi connectivity index (χ2n) is 6.54. The van der Waals surface area contributed by atoms with Gasteiger partial charge in [0.15, 0.2) is 16.6 Å². The Hall–Kier alpha value is -2.45. The van der Waals surface area contributed by atoms with Gasteiger partial charge >= 0.3 is 0 Å². The first-order chi connectivity index (χ1) is 12.2. The van der Waals surface area contributed by atoms with E-state index in [0.717, 1.165) is 12.1 Å². The Morgan fingerprint density at radius 2 is 2.40 bits per heavy atom. The molecule has 0 aliphatic carbocycles. The van der Waals surface area contributed by atoms with Crippen LogP contribution in [0.15, 0.2) is 28.9 Å². The molecule has 8 heteroatoms. The summed E-state index contributed by atoms with van der Waals surface area (Å²) in [7, 11) is 2.18. The highest BCUT2D eigenvalue weighted by molar-refractivity contribution is 7.16. The number of nitrogens with one attached hydrogen (secondary N) is 2. The number of rotatable bonds is 3. The molecule has 2 bridgehead atoms. The Morgan fingerprint density at radius 1 is 1.48 bits per heavy atom. The zero-order valence-electron chi connectivity index (χ0n) is 13.7. The summed E-state index contributed by atoms with van der Waals surface area (Å²) in [5.41, 5.74) is 2.13. The number of H-pyrrole nitrogens is 1. The van der Waals surface area contributed by atoms with Gasteiger partial charge in [0.1, 0.15) is 5.69 Å². The topological polar surface area (TPSA) is 87.0 Å². The van der Waals surface area contributed by atoms with E-state index in [9.17, 15) is 4.79 Å². The Bertz CT molecular complexity index is 929. The molecule has 0 radical (unpaired) electrons. The fourth-order valence-electron chi connectivity index (χ4n) is 3.78. The van der Waals surface area contributed by atoms with E-state index in [1.807, 2.05) is 6.07 Å². The van der Waals surface area contributed by atoms with E-state index >= 15 is 0 Å². The third-order valence-corrected chi connectivity index (χ3v) is 6.23. The number of hydrogen-bond acceptors (Lipinski definition) is 6. The molecule has 1 fully saturated rings. The number of aromatic amines is 1. The third-order valence-electron chi connectivity index (χ3n) is 5.12. The van der Waals surface area contributed by atoms with Crippen molar-refractivity contribution in [2.45, 2.75) is 31.3 Å². The summed E-state index contributed by atoms with van der Waals surface area (Å²) in [6.07, 6.45) is 4.96. The van der Waals surface area contributed by atoms with Crippen molar-refractivity contribution in [1.29, 1.82) is 0 Å². The number of fused-ring (bicyclic) bond motifs is 4. The molecular weight excluding hydrogens is 338 g/mol. The molecule has 5 heterocycles. The van der Waals surface area contributed by atoms with Crippen LogP contribution in [0.4, 0.5) is 5.13 Å². The molecule has 0 spiro atoms. The summed E-state index contributed by atoms with van der Waals surface area (Å²) >= 11 is 1.58. The summed E-state index contributed by atoms with van der Waals surface area (Å²) < 4.78 is 5.31. The van der Waals surface area contributed by atoms with Crippen molar-refractivity contribution in [3.05, 3.63) is 40.7 Å². The lowest BCUT2D eigenvalue weighted by Crippen LogP contribution is -2.33. The van der Waals surface area contributed by atoms with Crippen LogP contribution in [0.3, 0.4) is 0 Å². The molecule has 7 nitrogen and oxygen atoms in total. The van der Waals surface area contributed by atoms with Crippen LogP contribution in [0, 0.1) is 0 Å². The van der Waals surface area contributed by atoms with Gasteiger partial charge in [0.05, 0.1) is 12.0 Å². The molecule has 5 rings (SSSR count). The fourth-order valence-corrected chi connectivity index (χ4v) is 4.95. The highest BCUT2D eigenvalue weighted by Gasteiger charge is 2.39. The summed E-state index contributed by atoms with van der Waals surface area (Å²) in [6.45, 7) is 0. The molecule has 25 heavy (non-hydrogen) atoms. The number of anilines is 1. The van der Waals surface area contributed by atoms with Crippen LogP contribution in [-0.4, -0.2) is 39.1 Å². The molecule has 0 saturated carbocycles. The molecule has 2 aliphatic rings. The zero-order valence-corrected chi connectivity index (χ0v) is 14.5. The monoisotopic (exact) mass is 355 g/mol. The van der Waals surface area contributed by atoms with Gasteiger partial charge in [-0.25, -0.2) is 4.98 Å². The first-order valence-electron chi connectivity index (χ1n) is 8.31. The van der Waals surface area contributed by atoms with Crippen molar-refractivity contribution in [2.24, 2.45) is 0 Å².